The van der Waals surface area contributed by atoms with Crippen LogP contribution in [-0.4, -0.2) is 22.2 Å². The highest BCUT2D eigenvalue weighted by Gasteiger charge is 2.15. The first kappa shape index (κ1) is 17.6. The third-order valence-electron chi connectivity index (χ3n) is 3.39. The van der Waals surface area contributed by atoms with E-state index in [2.05, 4.69) is 42.3 Å². The Morgan fingerprint density at radius 2 is 2.04 bits per heavy atom. The molecular formula is C16H11Br2N3O4. The molecule has 1 N–H and O–H groups in total. The van der Waals surface area contributed by atoms with Crippen LogP contribution in [0.3, 0.4) is 0 Å². The lowest BCUT2D eigenvalue weighted by atomic mass is 10.2. The van der Waals surface area contributed by atoms with Gasteiger partial charge in [0, 0.05) is 28.7 Å². The summed E-state index contributed by atoms with van der Waals surface area (Å²) >= 11 is 6.66. The summed E-state index contributed by atoms with van der Waals surface area (Å²) in [4.78, 5) is 35.9. The number of hydrogen-bond donors (Lipinski definition) is 1. The molecule has 0 saturated heterocycles. The standard InChI is InChI=1S/C16H11Br2N3O4/c17-10-6-9-7-11(16(24)25-14(9)12(18)8-10)15(23)19-4-5-21-13(22)2-1-3-20-21/h1-3,6-8H,4-5H2,(H,19,23). The lowest BCUT2D eigenvalue weighted by Gasteiger charge is -2.07. The van der Waals surface area contributed by atoms with Crippen molar-refractivity contribution in [3.8, 4) is 0 Å². The SMILES string of the molecule is O=C(NCCn1ncccc1=O)c1cc2cc(Br)cc(Br)c2oc1=O. The Morgan fingerprint density at radius 3 is 2.80 bits per heavy atom. The molecule has 0 radical (unpaired) electrons. The highest BCUT2D eigenvalue weighted by molar-refractivity contribution is 9.11. The van der Waals surface area contributed by atoms with Gasteiger partial charge in [-0.25, -0.2) is 9.48 Å². The van der Waals surface area contributed by atoms with Gasteiger partial charge in [-0.1, -0.05) is 15.9 Å². The van der Waals surface area contributed by atoms with Crippen LogP contribution in [0.5, 0.6) is 0 Å². The number of fused-ring (bicyclic) bond motifs is 1. The number of hydrogen-bond acceptors (Lipinski definition) is 5. The predicted molar refractivity (Wildman–Crippen MR) is 98.7 cm³/mol. The van der Waals surface area contributed by atoms with Gasteiger partial charge in [0.05, 0.1) is 11.0 Å². The number of aromatic nitrogens is 2. The zero-order chi connectivity index (χ0) is 18.0. The molecule has 7 nitrogen and oxygen atoms in total. The molecule has 0 fully saturated rings. The maximum absolute atomic E-state index is 12.3. The van der Waals surface area contributed by atoms with Crippen molar-refractivity contribution >= 4 is 48.7 Å². The van der Waals surface area contributed by atoms with Crippen molar-refractivity contribution in [1.82, 2.24) is 15.1 Å². The van der Waals surface area contributed by atoms with Crippen molar-refractivity contribution in [1.29, 1.82) is 0 Å². The van der Waals surface area contributed by atoms with Crippen LogP contribution in [0, 0.1) is 0 Å². The van der Waals surface area contributed by atoms with Crippen molar-refractivity contribution in [3.05, 3.63) is 71.8 Å². The van der Waals surface area contributed by atoms with Gasteiger partial charge in [0.25, 0.3) is 11.5 Å². The fourth-order valence-electron chi connectivity index (χ4n) is 2.24. The van der Waals surface area contributed by atoms with E-state index in [9.17, 15) is 14.4 Å². The topological polar surface area (TPSA) is 94.2 Å². The minimum absolute atomic E-state index is 0.106. The number of nitrogens with one attached hydrogen (secondary N) is 1. The smallest absolute Gasteiger partial charge is 0.349 e. The highest BCUT2D eigenvalue weighted by Crippen LogP contribution is 2.27. The average molecular weight is 469 g/mol. The molecule has 0 spiro atoms. The monoisotopic (exact) mass is 467 g/mol. The van der Waals surface area contributed by atoms with Gasteiger partial charge in [-0.05, 0) is 40.2 Å². The van der Waals surface area contributed by atoms with Crippen molar-refractivity contribution < 1.29 is 9.21 Å². The maximum atomic E-state index is 12.3. The third kappa shape index (κ3) is 3.88. The Hall–Kier alpha value is -2.26. The molecule has 0 unspecified atom stereocenters. The van der Waals surface area contributed by atoms with Gasteiger partial charge in [-0.2, -0.15) is 5.10 Å². The summed E-state index contributed by atoms with van der Waals surface area (Å²) in [6.45, 7) is 0.344. The first-order valence-electron chi connectivity index (χ1n) is 7.19. The molecule has 128 valence electrons. The minimum atomic E-state index is -0.733. The van der Waals surface area contributed by atoms with Crippen LogP contribution in [0.15, 0.2) is 59.5 Å². The molecule has 25 heavy (non-hydrogen) atoms. The fraction of sp³-hybridized carbons (Fsp3) is 0.125. The number of carbonyl (C=O) groups is 1. The molecule has 0 bridgehead atoms. The lowest BCUT2D eigenvalue weighted by molar-refractivity contribution is 0.0948. The molecule has 3 rings (SSSR count). The minimum Gasteiger partial charge on any atom is -0.421 e. The van der Waals surface area contributed by atoms with Crippen LogP contribution >= 0.6 is 31.9 Å². The van der Waals surface area contributed by atoms with Crippen LogP contribution in [0.1, 0.15) is 10.4 Å². The molecule has 9 heteroatoms. The van der Waals surface area contributed by atoms with Gasteiger partial charge in [-0.3, -0.25) is 9.59 Å². The lowest BCUT2D eigenvalue weighted by Crippen LogP contribution is -2.33. The Labute approximate surface area is 157 Å². The summed E-state index contributed by atoms with van der Waals surface area (Å²) in [5.41, 5.74) is -0.740. The molecule has 2 heterocycles. The summed E-state index contributed by atoms with van der Waals surface area (Å²) in [6, 6.07) is 7.87. The van der Waals surface area contributed by atoms with Gasteiger partial charge in [0.15, 0.2) is 5.58 Å². The number of rotatable bonds is 4. The second-order valence-electron chi connectivity index (χ2n) is 5.09. The number of benzene rings is 1. The summed E-state index contributed by atoms with van der Waals surface area (Å²) in [7, 11) is 0. The van der Waals surface area contributed by atoms with Crippen molar-refractivity contribution in [2.75, 3.05) is 6.54 Å². The molecule has 2 aromatic heterocycles. The Balaban J connectivity index is 1.80. The van der Waals surface area contributed by atoms with Crippen molar-refractivity contribution in [2.45, 2.75) is 6.54 Å². The average Bonchev–Trinajstić information content (AvgIpc) is 2.56. The van der Waals surface area contributed by atoms with Crippen LogP contribution in [0.25, 0.3) is 11.0 Å². The van der Waals surface area contributed by atoms with E-state index in [0.717, 1.165) is 4.47 Å². The first-order chi connectivity index (χ1) is 12.0. The molecule has 3 aromatic rings. The second-order valence-corrected chi connectivity index (χ2v) is 6.86. The summed E-state index contributed by atoms with van der Waals surface area (Å²) < 4.78 is 7.84. The molecule has 0 atom stereocenters. The summed E-state index contributed by atoms with van der Waals surface area (Å²) in [5.74, 6) is -0.573. The van der Waals surface area contributed by atoms with E-state index in [4.69, 9.17) is 4.42 Å². The Kier molecular flexibility index (Phi) is 5.14. The van der Waals surface area contributed by atoms with E-state index in [1.165, 1.54) is 29.1 Å². The first-order valence-corrected chi connectivity index (χ1v) is 8.77. The van der Waals surface area contributed by atoms with E-state index in [0.29, 0.717) is 15.4 Å². The van der Waals surface area contributed by atoms with Gasteiger partial charge < -0.3 is 9.73 Å². The largest absolute Gasteiger partial charge is 0.421 e. The predicted octanol–water partition coefficient (Wildman–Crippen LogP) is 2.30. The molecule has 0 aliphatic rings. The molecule has 0 aliphatic carbocycles. The summed E-state index contributed by atoms with van der Waals surface area (Å²) in [6.07, 6.45) is 1.48. The Morgan fingerprint density at radius 1 is 1.24 bits per heavy atom. The normalized spacial score (nSPS) is 10.8. The number of carbonyl (C=O) groups excluding carboxylic acids is 1. The quantitative estimate of drug-likeness (QED) is 0.593. The molecule has 1 aromatic carbocycles. The van der Waals surface area contributed by atoms with Crippen LogP contribution < -0.4 is 16.5 Å². The second kappa shape index (κ2) is 7.32. The van der Waals surface area contributed by atoms with E-state index in [1.807, 2.05) is 0 Å². The van der Waals surface area contributed by atoms with E-state index in [-0.39, 0.29) is 24.2 Å². The number of nitrogens with zero attached hydrogens (tertiary/aromatic N) is 2. The van der Waals surface area contributed by atoms with E-state index in [1.54, 1.807) is 12.1 Å². The zero-order valence-corrected chi connectivity index (χ0v) is 15.8. The van der Waals surface area contributed by atoms with Crippen LogP contribution in [0.4, 0.5) is 0 Å². The molecular weight excluding hydrogens is 458 g/mol. The Bertz CT molecular complexity index is 1070. The zero-order valence-electron chi connectivity index (χ0n) is 12.7. The van der Waals surface area contributed by atoms with Gasteiger partial charge in [-0.15, -0.1) is 0 Å². The van der Waals surface area contributed by atoms with Gasteiger partial charge in [0.1, 0.15) is 5.56 Å². The number of amides is 1. The van der Waals surface area contributed by atoms with E-state index >= 15 is 0 Å². The number of halogens is 2. The van der Waals surface area contributed by atoms with Gasteiger partial charge >= 0.3 is 5.63 Å². The van der Waals surface area contributed by atoms with Gasteiger partial charge in [0.2, 0.25) is 0 Å². The third-order valence-corrected chi connectivity index (χ3v) is 4.44. The van der Waals surface area contributed by atoms with E-state index < -0.39 is 11.5 Å². The highest BCUT2D eigenvalue weighted by atomic mass is 79.9. The molecule has 0 aliphatic heterocycles. The van der Waals surface area contributed by atoms with Crippen molar-refractivity contribution in [2.24, 2.45) is 0 Å². The fourth-order valence-corrected chi connectivity index (χ4v) is 3.58. The summed E-state index contributed by atoms with van der Waals surface area (Å²) in [5, 5.41) is 7.08. The van der Waals surface area contributed by atoms with Crippen LogP contribution in [0.2, 0.25) is 0 Å². The molecule has 0 saturated carbocycles. The van der Waals surface area contributed by atoms with Crippen LogP contribution in [-0.2, 0) is 6.54 Å². The van der Waals surface area contributed by atoms with Crippen molar-refractivity contribution in [3.63, 3.8) is 0 Å². The molecule has 1 amide bonds. The maximum Gasteiger partial charge on any atom is 0.349 e.